The first-order chi connectivity index (χ1) is 9.25. The number of anilines is 1. The zero-order valence-electron chi connectivity index (χ0n) is 11.0. The van der Waals surface area contributed by atoms with Crippen LogP contribution in [0.5, 0.6) is 5.75 Å². The summed E-state index contributed by atoms with van der Waals surface area (Å²) >= 11 is 6.07. The number of rotatable bonds is 6. The van der Waals surface area contributed by atoms with Crippen molar-refractivity contribution in [1.82, 2.24) is 0 Å². The van der Waals surface area contributed by atoms with E-state index >= 15 is 0 Å². The maximum absolute atomic E-state index is 6.07. The highest BCUT2D eigenvalue weighted by molar-refractivity contribution is 6.31. The molecule has 0 saturated heterocycles. The predicted molar refractivity (Wildman–Crippen MR) is 81.2 cm³/mol. The monoisotopic (exact) mass is 275 g/mol. The lowest BCUT2D eigenvalue weighted by Gasteiger charge is -2.09. The van der Waals surface area contributed by atoms with Gasteiger partial charge < -0.3 is 10.1 Å². The molecule has 2 rings (SSSR count). The van der Waals surface area contributed by atoms with E-state index in [2.05, 4.69) is 5.32 Å². The molecule has 2 nitrogen and oxygen atoms in total. The molecule has 0 radical (unpaired) electrons. The first-order valence-corrected chi connectivity index (χ1v) is 6.81. The summed E-state index contributed by atoms with van der Waals surface area (Å²) in [7, 11) is 0. The molecule has 0 aliphatic heterocycles. The average Bonchev–Trinajstić information content (AvgIpc) is 2.43. The molecular weight excluding hydrogens is 258 g/mol. The predicted octanol–water partition coefficient (Wildman–Crippen LogP) is 4.53. The topological polar surface area (TPSA) is 21.3 Å². The van der Waals surface area contributed by atoms with Crippen LogP contribution >= 0.6 is 11.6 Å². The van der Waals surface area contributed by atoms with Gasteiger partial charge in [0.25, 0.3) is 0 Å². The molecule has 0 bridgehead atoms. The Bertz CT molecular complexity index is 513. The molecule has 0 heterocycles. The second-order valence-corrected chi connectivity index (χ2v) is 4.81. The number of benzene rings is 2. The van der Waals surface area contributed by atoms with E-state index in [0.29, 0.717) is 6.61 Å². The molecule has 0 aliphatic rings. The van der Waals surface area contributed by atoms with E-state index in [1.54, 1.807) is 0 Å². The molecular formula is C16H18ClNO. The van der Waals surface area contributed by atoms with Gasteiger partial charge in [0, 0.05) is 17.3 Å². The fraction of sp³-hybridized carbons (Fsp3) is 0.250. The summed E-state index contributed by atoms with van der Waals surface area (Å²) in [4.78, 5) is 0. The number of para-hydroxylation sites is 1. The fourth-order valence-corrected chi connectivity index (χ4v) is 1.89. The van der Waals surface area contributed by atoms with Crippen LogP contribution in [0.2, 0.25) is 5.02 Å². The Kier molecular flexibility index (Phi) is 5.10. The van der Waals surface area contributed by atoms with E-state index in [9.17, 15) is 0 Å². The number of aryl methyl sites for hydroxylation is 1. The molecule has 0 fully saturated rings. The Morgan fingerprint density at radius 3 is 2.63 bits per heavy atom. The zero-order chi connectivity index (χ0) is 13.5. The zero-order valence-corrected chi connectivity index (χ0v) is 11.8. The van der Waals surface area contributed by atoms with E-state index in [1.165, 1.54) is 0 Å². The van der Waals surface area contributed by atoms with Gasteiger partial charge in [-0.1, -0.05) is 35.9 Å². The molecule has 100 valence electrons. The Hall–Kier alpha value is -1.67. The van der Waals surface area contributed by atoms with E-state index in [1.807, 2.05) is 55.5 Å². The maximum atomic E-state index is 6.07. The van der Waals surface area contributed by atoms with Gasteiger partial charge in [0.2, 0.25) is 0 Å². The minimum atomic E-state index is 0.705. The molecule has 0 atom stereocenters. The van der Waals surface area contributed by atoms with Gasteiger partial charge in [-0.2, -0.15) is 0 Å². The van der Waals surface area contributed by atoms with E-state index in [4.69, 9.17) is 16.3 Å². The number of hydrogen-bond acceptors (Lipinski definition) is 2. The first kappa shape index (κ1) is 13.8. The van der Waals surface area contributed by atoms with Gasteiger partial charge in [-0.3, -0.25) is 0 Å². The maximum Gasteiger partial charge on any atom is 0.119 e. The van der Waals surface area contributed by atoms with Gasteiger partial charge in [-0.05, 0) is 43.2 Å². The Labute approximate surface area is 119 Å². The fourth-order valence-electron chi connectivity index (χ4n) is 1.71. The molecule has 0 aromatic heterocycles. The second kappa shape index (κ2) is 7.05. The molecule has 2 aromatic carbocycles. The minimum absolute atomic E-state index is 0.705. The van der Waals surface area contributed by atoms with Crippen molar-refractivity contribution in [1.29, 1.82) is 0 Å². The van der Waals surface area contributed by atoms with Crippen molar-refractivity contribution in [2.75, 3.05) is 18.5 Å². The van der Waals surface area contributed by atoms with Crippen LogP contribution in [0.4, 0.5) is 5.69 Å². The number of halogens is 1. The molecule has 1 N–H and O–H groups in total. The summed E-state index contributed by atoms with van der Waals surface area (Å²) in [5, 5.41) is 4.13. The molecule has 0 unspecified atom stereocenters. The molecule has 0 saturated carbocycles. The van der Waals surface area contributed by atoms with E-state index < -0.39 is 0 Å². The summed E-state index contributed by atoms with van der Waals surface area (Å²) in [6.07, 6.45) is 0.945. The van der Waals surface area contributed by atoms with Crippen molar-refractivity contribution in [3.8, 4) is 5.75 Å². The van der Waals surface area contributed by atoms with Gasteiger partial charge in [-0.15, -0.1) is 0 Å². The van der Waals surface area contributed by atoms with Crippen LogP contribution in [0, 0.1) is 6.92 Å². The highest BCUT2D eigenvalue weighted by Crippen LogP contribution is 2.19. The van der Waals surface area contributed by atoms with Crippen molar-refractivity contribution in [2.24, 2.45) is 0 Å². The van der Waals surface area contributed by atoms with Crippen LogP contribution in [0.15, 0.2) is 48.5 Å². The summed E-state index contributed by atoms with van der Waals surface area (Å²) in [6, 6.07) is 15.9. The molecule has 0 amide bonds. The number of nitrogens with one attached hydrogen (secondary N) is 1. The van der Waals surface area contributed by atoms with Crippen LogP contribution in [-0.2, 0) is 0 Å². The first-order valence-electron chi connectivity index (χ1n) is 6.43. The molecule has 0 spiro atoms. The van der Waals surface area contributed by atoms with Gasteiger partial charge in [0.1, 0.15) is 5.75 Å². The summed E-state index contributed by atoms with van der Waals surface area (Å²) in [6.45, 7) is 3.57. The largest absolute Gasteiger partial charge is 0.494 e. The van der Waals surface area contributed by atoms with Crippen LogP contribution in [0.25, 0.3) is 0 Å². The number of ether oxygens (including phenoxy) is 1. The minimum Gasteiger partial charge on any atom is -0.494 e. The highest BCUT2D eigenvalue weighted by Gasteiger charge is 1.97. The van der Waals surface area contributed by atoms with Gasteiger partial charge in [0.15, 0.2) is 0 Å². The van der Waals surface area contributed by atoms with Gasteiger partial charge in [-0.25, -0.2) is 0 Å². The third-order valence-corrected chi connectivity index (χ3v) is 3.24. The summed E-state index contributed by atoms with van der Waals surface area (Å²) in [5.41, 5.74) is 2.15. The summed E-state index contributed by atoms with van der Waals surface area (Å²) < 4.78 is 5.62. The van der Waals surface area contributed by atoms with Crippen LogP contribution < -0.4 is 10.1 Å². The normalized spacial score (nSPS) is 10.2. The number of hydrogen-bond donors (Lipinski definition) is 1. The van der Waals surface area contributed by atoms with Crippen LogP contribution in [0.3, 0.4) is 0 Å². The van der Waals surface area contributed by atoms with Crippen LogP contribution in [-0.4, -0.2) is 13.2 Å². The second-order valence-electron chi connectivity index (χ2n) is 4.41. The van der Waals surface area contributed by atoms with E-state index in [0.717, 1.165) is 35.0 Å². The standard InChI is InChI=1S/C16H18ClNO/c1-13-8-9-14(12-16(13)17)18-10-5-11-19-15-6-3-2-4-7-15/h2-4,6-9,12,18H,5,10-11H2,1H3. The quantitative estimate of drug-likeness (QED) is 0.782. The Morgan fingerprint density at radius 1 is 1.11 bits per heavy atom. The molecule has 3 heteroatoms. The van der Waals surface area contributed by atoms with Gasteiger partial charge in [0.05, 0.1) is 6.61 Å². The van der Waals surface area contributed by atoms with Crippen molar-refractivity contribution < 1.29 is 4.74 Å². The van der Waals surface area contributed by atoms with Crippen molar-refractivity contribution >= 4 is 17.3 Å². The molecule has 2 aromatic rings. The Balaban J connectivity index is 1.68. The van der Waals surface area contributed by atoms with Crippen molar-refractivity contribution in [3.05, 3.63) is 59.1 Å². The third kappa shape index (κ3) is 4.49. The van der Waals surface area contributed by atoms with Crippen molar-refractivity contribution in [3.63, 3.8) is 0 Å². The van der Waals surface area contributed by atoms with Crippen molar-refractivity contribution in [2.45, 2.75) is 13.3 Å². The molecule has 0 aliphatic carbocycles. The lowest BCUT2D eigenvalue weighted by molar-refractivity contribution is 0.315. The third-order valence-electron chi connectivity index (χ3n) is 2.83. The van der Waals surface area contributed by atoms with Crippen LogP contribution in [0.1, 0.15) is 12.0 Å². The van der Waals surface area contributed by atoms with E-state index in [-0.39, 0.29) is 0 Å². The Morgan fingerprint density at radius 2 is 1.89 bits per heavy atom. The molecule has 19 heavy (non-hydrogen) atoms. The summed E-state index contributed by atoms with van der Waals surface area (Å²) in [5.74, 6) is 0.917. The smallest absolute Gasteiger partial charge is 0.119 e. The lowest BCUT2D eigenvalue weighted by atomic mass is 10.2. The SMILES string of the molecule is Cc1ccc(NCCCOc2ccccc2)cc1Cl. The van der Waals surface area contributed by atoms with Gasteiger partial charge >= 0.3 is 0 Å². The lowest BCUT2D eigenvalue weighted by Crippen LogP contribution is -2.07. The highest BCUT2D eigenvalue weighted by atomic mass is 35.5. The average molecular weight is 276 g/mol.